The fourth-order valence-electron chi connectivity index (χ4n) is 3.62. The van der Waals surface area contributed by atoms with Crippen LogP contribution < -0.4 is 4.74 Å². The average molecular weight is 453 g/mol. The lowest BCUT2D eigenvalue weighted by Crippen LogP contribution is -2.49. The minimum Gasteiger partial charge on any atom is -0.494 e. The van der Waals surface area contributed by atoms with Crippen LogP contribution in [0.1, 0.15) is 42.1 Å². The maximum Gasteiger partial charge on any atom is 0.306 e. The van der Waals surface area contributed by atoms with E-state index in [0.717, 1.165) is 26.1 Å². The molecule has 1 heterocycles. The molecule has 1 fully saturated rings. The van der Waals surface area contributed by atoms with Crippen LogP contribution in [0.15, 0.2) is 54.6 Å². The molecule has 0 radical (unpaired) electrons. The molecular weight excluding hydrogens is 420 g/mol. The number of Topliss-reactive ketones (excluding diaryl/α,β-unsaturated/α-hetero) is 1. The van der Waals surface area contributed by atoms with E-state index in [9.17, 15) is 14.4 Å². The minimum absolute atomic E-state index is 0.0420. The molecule has 7 heteroatoms. The first-order chi connectivity index (χ1) is 16.0. The van der Waals surface area contributed by atoms with Gasteiger partial charge in [0.1, 0.15) is 5.75 Å². The van der Waals surface area contributed by atoms with Gasteiger partial charge in [-0.05, 0) is 36.2 Å². The number of rotatable bonds is 11. The fraction of sp³-hybridized carbons (Fsp3) is 0.423. The third-order valence-corrected chi connectivity index (χ3v) is 5.54. The van der Waals surface area contributed by atoms with Crippen molar-refractivity contribution in [3.05, 3.63) is 65.7 Å². The maximum atomic E-state index is 12.4. The zero-order valence-electron chi connectivity index (χ0n) is 19.2. The third-order valence-electron chi connectivity index (χ3n) is 5.54. The summed E-state index contributed by atoms with van der Waals surface area (Å²) >= 11 is 0. The van der Waals surface area contributed by atoms with Crippen LogP contribution in [0.25, 0.3) is 0 Å². The van der Waals surface area contributed by atoms with E-state index in [1.165, 1.54) is 5.56 Å². The summed E-state index contributed by atoms with van der Waals surface area (Å²) in [5, 5.41) is 0. The molecule has 7 nitrogen and oxygen atoms in total. The van der Waals surface area contributed by atoms with Crippen LogP contribution in [0.3, 0.4) is 0 Å². The Balaban J connectivity index is 1.32. The Bertz CT molecular complexity index is 906. The molecule has 2 aromatic carbocycles. The Morgan fingerprint density at radius 2 is 1.58 bits per heavy atom. The second-order valence-electron chi connectivity index (χ2n) is 8.10. The van der Waals surface area contributed by atoms with E-state index in [1.807, 2.05) is 25.1 Å². The predicted molar refractivity (Wildman–Crippen MR) is 125 cm³/mol. The molecular formula is C26H32N2O5. The van der Waals surface area contributed by atoms with Crippen LogP contribution in [-0.2, 0) is 20.9 Å². The van der Waals surface area contributed by atoms with Gasteiger partial charge in [0.15, 0.2) is 12.4 Å². The summed E-state index contributed by atoms with van der Waals surface area (Å²) < 4.78 is 10.6. The number of ether oxygens (including phenoxy) is 2. The first kappa shape index (κ1) is 24.5. The largest absolute Gasteiger partial charge is 0.494 e. The van der Waals surface area contributed by atoms with E-state index in [4.69, 9.17) is 9.47 Å². The highest BCUT2D eigenvalue weighted by Gasteiger charge is 2.22. The number of hydrogen-bond acceptors (Lipinski definition) is 6. The number of nitrogens with zero attached hydrogens (tertiary/aromatic N) is 2. The molecule has 176 valence electrons. The van der Waals surface area contributed by atoms with E-state index >= 15 is 0 Å². The van der Waals surface area contributed by atoms with E-state index in [2.05, 4.69) is 17.0 Å². The number of esters is 1. The molecule has 1 aliphatic heterocycles. The fourth-order valence-corrected chi connectivity index (χ4v) is 3.62. The highest BCUT2D eigenvalue weighted by molar-refractivity contribution is 5.97. The van der Waals surface area contributed by atoms with E-state index < -0.39 is 5.97 Å². The Morgan fingerprint density at radius 3 is 2.24 bits per heavy atom. The van der Waals surface area contributed by atoms with Gasteiger partial charge in [0.05, 0.1) is 13.0 Å². The summed E-state index contributed by atoms with van der Waals surface area (Å²) in [6, 6.07) is 17.1. The Morgan fingerprint density at radius 1 is 0.879 bits per heavy atom. The maximum absolute atomic E-state index is 12.4. The number of carbonyl (C=O) groups excluding carboxylic acids is 3. The smallest absolute Gasteiger partial charge is 0.306 e. The van der Waals surface area contributed by atoms with E-state index in [1.54, 1.807) is 29.2 Å². The lowest BCUT2D eigenvalue weighted by molar-refractivity contribution is -0.152. The van der Waals surface area contributed by atoms with Gasteiger partial charge in [-0.15, -0.1) is 0 Å². The van der Waals surface area contributed by atoms with Crippen molar-refractivity contribution in [3.63, 3.8) is 0 Å². The van der Waals surface area contributed by atoms with Crippen LogP contribution in [0.4, 0.5) is 0 Å². The zero-order chi connectivity index (χ0) is 23.5. The standard InChI is InChI=1S/C26H32N2O5/c1-2-18-32-23-10-8-22(9-11-23)24(29)12-13-26(31)33-20-25(30)28-16-14-27(15-17-28)19-21-6-4-3-5-7-21/h3-11H,2,12-20H2,1H3. The monoisotopic (exact) mass is 452 g/mol. The predicted octanol–water partition coefficient (Wildman–Crippen LogP) is 3.33. The highest BCUT2D eigenvalue weighted by Crippen LogP contribution is 2.15. The summed E-state index contributed by atoms with van der Waals surface area (Å²) in [6.45, 7) is 6.02. The Hall–Kier alpha value is -3.19. The molecule has 3 rings (SSSR count). The zero-order valence-corrected chi connectivity index (χ0v) is 19.2. The van der Waals surface area contributed by atoms with Crippen molar-refractivity contribution in [1.82, 2.24) is 9.80 Å². The molecule has 0 atom stereocenters. The van der Waals surface area contributed by atoms with Gasteiger partial charge in [0.25, 0.3) is 5.91 Å². The number of piperazine rings is 1. The Labute approximate surface area is 195 Å². The van der Waals surface area contributed by atoms with Gasteiger partial charge < -0.3 is 14.4 Å². The van der Waals surface area contributed by atoms with Crippen molar-refractivity contribution >= 4 is 17.7 Å². The van der Waals surface area contributed by atoms with E-state index in [0.29, 0.717) is 31.0 Å². The molecule has 0 aromatic heterocycles. The first-order valence-corrected chi connectivity index (χ1v) is 11.5. The first-order valence-electron chi connectivity index (χ1n) is 11.5. The Kier molecular flexibility index (Phi) is 9.44. The highest BCUT2D eigenvalue weighted by atomic mass is 16.5. The molecule has 0 spiro atoms. The van der Waals surface area contributed by atoms with Gasteiger partial charge in [-0.25, -0.2) is 0 Å². The lowest BCUT2D eigenvalue weighted by atomic mass is 10.1. The van der Waals surface area contributed by atoms with Gasteiger partial charge in [0.2, 0.25) is 0 Å². The van der Waals surface area contributed by atoms with Crippen LogP contribution in [0.5, 0.6) is 5.75 Å². The molecule has 2 aromatic rings. The summed E-state index contributed by atoms with van der Waals surface area (Å²) in [6.07, 6.45) is 0.904. The number of ketones is 1. The molecule has 0 unspecified atom stereocenters. The van der Waals surface area contributed by atoms with Crippen molar-refractivity contribution in [2.45, 2.75) is 32.7 Å². The SMILES string of the molecule is CCCOc1ccc(C(=O)CCC(=O)OCC(=O)N2CCN(Cc3ccccc3)CC2)cc1. The summed E-state index contributed by atoms with van der Waals surface area (Å²) in [5.74, 6) is -0.166. The number of amides is 1. The van der Waals surface area contributed by atoms with Gasteiger partial charge in [-0.3, -0.25) is 19.3 Å². The normalized spacial score (nSPS) is 14.0. The molecule has 0 aliphatic carbocycles. The second kappa shape index (κ2) is 12.7. The van der Waals surface area contributed by atoms with Crippen molar-refractivity contribution in [2.24, 2.45) is 0 Å². The molecule has 1 amide bonds. The molecule has 1 aliphatic rings. The average Bonchev–Trinajstić information content (AvgIpc) is 2.86. The van der Waals surface area contributed by atoms with Gasteiger partial charge >= 0.3 is 5.97 Å². The van der Waals surface area contributed by atoms with Crippen LogP contribution in [-0.4, -0.2) is 66.9 Å². The topological polar surface area (TPSA) is 76.2 Å². The van der Waals surface area contributed by atoms with Crippen LogP contribution in [0.2, 0.25) is 0 Å². The van der Waals surface area contributed by atoms with Crippen LogP contribution >= 0.6 is 0 Å². The number of benzene rings is 2. The summed E-state index contributed by atoms with van der Waals surface area (Å²) in [5.41, 5.74) is 1.78. The molecule has 0 N–H and O–H groups in total. The van der Waals surface area contributed by atoms with Crippen molar-refractivity contribution in [2.75, 3.05) is 39.4 Å². The van der Waals surface area contributed by atoms with Crippen molar-refractivity contribution in [1.29, 1.82) is 0 Å². The molecule has 33 heavy (non-hydrogen) atoms. The summed E-state index contributed by atoms with van der Waals surface area (Å²) in [7, 11) is 0. The minimum atomic E-state index is -0.540. The molecule has 1 saturated heterocycles. The quantitative estimate of drug-likeness (QED) is 0.385. The van der Waals surface area contributed by atoms with Crippen molar-refractivity contribution in [3.8, 4) is 5.75 Å². The van der Waals surface area contributed by atoms with Gasteiger partial charge in [-0.2, -0.15) is 0 Å². The van der Waals surface area contributed by atoms with Gasteiger partial charge in [0, 0.05) is 44.7 Å². The van der Waals surface area contributed by atoms with Crippen molar-refractivity contribution < 1.29 is 23.9 Å². The molecule has 0 saturated carbocycles. The van der Waals surface area contributed by atoms with Crippen LogP contribution in [0, 0.1) is 0 Å². The second-order valence-corrected chi connectivity index (χ2v) is 8.10. The lowest BCUT2D eigenvalue weighted by Gasteiger charge is -2.34. The number of hydrogen-bond donors (Lipinski definition) is 0. The van der Waals surface area contributed by atoms with Gasteiger partial charge in [-0.1, -0.05) is 37.3 Å². The van der Waals surface area contributed by atoms with E-state index in [-0.39, 0.29) is 31.1 Å². The number of carbonyl (C=O) groups is 3. The third kappa shape index (κ3) is 8.02. The summed E-state index contributed by atoms with van der Waals surface area (Å²) in [4.78, 5) is 40.7. The molecule has 0 bridgehead atoms.